The Balaban J connectivity index is 2.21. The van der Waals surface area contributed by atoms with E-state index in [1.165, 1.54) is 0 Å². The van der Waals surface area contributed by atoms with E-state index in [0.717, 1.165) is 22.8 Å². The first kappa shape index (κ1) is 12.8. The van der Waals surface area contributed by atoms with Gasteiger partial charge in [-0.25, -0.2) is 4.98 Å². The van der Waals surface area contributed by atoms with Gasteiger partial charge in [-0.1, -0.05) is 11.6 Å². The largest absolute Gasteiger partial charge is 0.375 e. The first-order valence-corrected chi connectivity index (χ1v) is 6.13. The normalized spacial score (nSPS) is 12.2. The van der Waals surface area contributed by atoms with E-state index in [2.05, 4.69) is 20.3 Å². The highest BCUT2D eigenvalue weighted by molar-refractivity contribution is 6.29. The zero-order valence-corrected chi connectivity index (χ0v) is 11.4. The predicted molar refractivity (Wildman–Crippen MR) is 72.8 cm³/mol. The Morgan fingerprint density at radius 1 is 1.11 bits per heavy atom. The zero-order valence-electron chi connectivity index (χ0n) is 10.6. The number of rotatable bonds is 3. The van der Waals surface area contributed by atoms with Crippen LogP contribution in [-0.2, 0) is 0 Å². The Morgan fingerprint density at radius 2 is 1.83 bits per heavy atom. The second kappa shape index (κ2) is 5.31. The molecule has 0 fully saturated rings. The maximum absolute atomic E-state index is 5.83. The monoisotopic (exact) mass is 262 g/mol. The molecule has 0 bridgehead atoms. The quantitative estimate of drug-likeness (QED) is 0.862. The van der Waals surface area contributed by atoms with Crippen molar-refractivity contribution in [2.24, 2.45) is 0 Å². The molecule has 2 aromatic rings. The van der Waals surface area contributed by atoms with Crippen LogP contribution >= 0.6 is 11.6 Å². The number of halogens is 1. The van der Waals surface area contributed by atoms with Crippen LogP contribution in [0.15, 0.2) is 24.5 Å². The summed E-state index contributed by atoms with van der Waals surface area (Å²) < 4.78 is 0. The Kier molecular flexibility index (Phi) is 3.77. The molecule has 0 aliphatic carbocycles. The van der Waals surface area contributed by atoms with Gasteiger partial charge in [0.1, 0.15) is 5.15 Å². The van der Waals surface area contributed by atoms with Gasteiger partial charge in [0.2, 0.25) is 0 Å². The number of nitrogens with one attached hydrogen (secondary N) is 1. The summed E-state index contributed by atoms with van der Waals surface area (Å²) in [5.41, 5.74) is 3.69. The SMILES string of the molecule is Cc1nc(Cl)ccc1NC(C)c1nccnc1C. The van der Waals surface area contributed by atoms with Gasteiger partial charge in [-0.05, 0) is 32.9 Å². The average Bonchev–Trinajstić information content (AvgIpc) is 2.33. The van der Waals surface area contributed by atoms with Crippen molar-refractivity contribution in [3.05, 3.63) is 46.8 Å². The molecular formula is C13H15ClN4. The van der Waals surface area contributed by atoms with Gasteiger partial charge in [0.05, 0.1) is 28.8 Å². The molecule has 0 saturated carbocycles. The molecule has 4 nitrogen and oxygen atoms in total. The number of anilines is 1. The standard InChI is InChI=1S/C13H15ClN4/c1-8-11(4-5-12(14)18-8)17-10(3)13-9(2)15-6-7-16-13/h4-7,10,17H,1-3H3. The minimum Gasteiger partial charge on any atom is -0.375 e. The summed E-state index contributed by atoms with van der Waals surface area (Å²) in [7, 11) is 0. The highest BCUT2D eigenvalue weighted by atomic mass is 35.5. The van der Waals surface area contributed by atoms with E-state index in [1.54, 1.807) is 18.5 Å². The van der Waals surface area contributed by atoms with Gasteiger partial charge in [-0.15, -0.1) is 0 Å². The third-order valence-electron chi connectivity index (χ3n) is 2.75. The minimum atomic E-state index is 0.0698. The molecule has 5 heteroatoms. The number of hydrogen-bond acceptors (Lipinski definition) is 4. The third-order valence-corrected chi connectivity index (χ3v) is 2.96. The summed E-state index contributed by atoms with van der Waals surface area (Å²) >= 11 is 5.83. The maximum atomic E-state index is 5.83. The Hall–Kier alpha value is -1.68. The van der Waals surface area contributed by atoms with Gasteiger partial charge in [0.25, 0.3) is 0 Å². The Bertz CT molecular complexity index is 556. The van der Waals surface area contributed by atoms with Crippen LogP contribution in [0.5, 0.6) is 0 Å². The fourth-order valence-electron chi connectivity index (χ4n) is 1.83. The lowest BCUT2D eigenvalue weighted by Gasteiger charge is -2.17. The molecule has 0 aromatic carbocycles. The van der Waals surface area contributed by atoms with Crippen molar-refractivity contribution in [3.8, 4) is 0 Å². The summed E-state index contributed by atoms with van der Waals surface area (Å²) in [6.45, 7) is 5.92. The van der Waals surface area contributed by atoms with E-state index in [0.29, 0.717) is 5.15 Å². The average molecular weight is 263 g/mol. The smallest absolute Gasteiger partial charge is 0.129 e. The Labute approximate surface area is 111 Å². The van der Waals surface area contributed by atoms with E-state index in [4.69, 9.17) is 11.6 Å². The summed E-state index contributed by atoms with van der Waals surface area (Å²) in [4.78, 5) is 12.8. The first-order chi connectivity index (χ1) is 8.58. The number of nitrogens with zero attached hydrogens (tertiary/aromatic N) is 3. The van der Waals surface area contributed by atoms with Crippen molar-refractivity contribution in [1.82, 2.24) is 15.0 Å². The molecule has 0 saturated heterocycles. The second-order valence-electron chi connectivity index (χ2n) is 4.16. The molecule has 0 spiro atoms. The molecule has 1 N–H and O–H groups in total. The van der Waals surface area contributed by atoms with Gasteiger partial charge in [0.15, 0.2) is 0 Å². The number of aromatic nitrogens is 3. The summed E-state index contributed by atoms with van der Waals surface area (Å²) in [5, 5.41) is 3.87. The van der Waals surface area contributed by atoms with E-state index in [9.17, 15) is 0 Å². The van der Waals surface area contributed by atoms with Crippen LogP contribution in [0.2, 0.25) is 5.15 Å². The molecular weight excluding hydrogens is 248 g/mol. The van der Waals surface area contributed by atoms with Crippen molar-refractivity contribution < 1.29 is 0 Å². The second-order valence-corrected chi connectivity index (χ2v) is 4.55. The number of hydrogen-bond donors (Lipinski definition) is 1. The highest BCUT2D eigenvalue weighted by Crippen LogP contribution is 2.22. The van der Waals surface area contributed by atoms with Crippen LogP contribution in [0.4, 0.5) is 5.69 Å². The number of aryl methyl sites for hydroxylation is 2. The fraction of sp³-hybridized carbons (Fsp3) is 0.308. The maximum Gasteiger partial charge on any atom is 0.129 e. The van der Waals surface area contributed by atoms with Gasteiger partial charge in [-0.3, -0.25) is 9.97 Å². The van der Waals surface area contributed by atoms with E-state index >= 15 is 0 Å². The van der Waals surface area contributed by atoms with Crippen molar-refractivity contribution in [3.63, 3.8) is 0 Å². The summed E-state index contributed by atoms with van der Waals surface area (Å²) in [5.74, 6) is 0. The van der Waals surface area contributed by atoms with Crippen molar-refractivity contribution in [2.75, 3.05) is 5.32 Å². The van der Waals surface area contributed by atoms with Crippen LogP contribution in [0, 0.1) is 13.8 Å². The molecule has 0 aliphatic rings. The molecule has 0 aliphatic heterocycles. The van der Waals surface area contributed by atoms with Gasteiger partial charge >= 0.3 is 0 Å². The molecule has 94 valence electrons. The van der Waals surface area contributed by atoms with Gasteiger partial charge in [-0.2, -0.15) is 0 Å². The molecule has 18 heavy (non-hydrogen) atoms. The van der Waals surface area contributed by atoms with E-state index in [-0.39, 0.29) is 6.04 Å². The van der Waals surface area contributed by atoms with Crippen LogP contribution < -0.4 is 5.32 Å². The van der Waals surface area contributed by atoms with Crippen LogP contribution in [0.25, 0.3) is 0 Å². The van der Waals surface area contributed by atoms with E-state index in [1.807, 2.05) is 26.8 Å². The van der Waals surface area contributed by atoms with Crippen LogP contribution in [0.3, 0.4) is 0 Å². The van der Waals surface area contributed by atoms with Crippen LogP contribution in [-0.4, -0.2) is 15.0 Å². The number of pyridine rings is 1. The topological polar surface area (TPSA) is 50.7 Å². The lowest BCUT2D eigenvalue weighted by molar-refractivity contribution is 0.807. The van der Waals surface area contributed by atoms with Gasteiger partial charge in [0, 0.05) is 12.4 Å². The first-order valence-electron chi connectivity index (χ1n) is 5.75. The minimum absolute atomic E-state index is 0.0698. The molecule has 1 unspecified atom stereocenters. The fourth-order valence-corrected chi connectivity index (χ4v) is 2.02. The Morgan fingerprint density at radius 3 is 2.50 bits per heavy atom. The molecule has 2 aromatic heterocycles. The highest BCUT2D eigenvalue weighted by Gasteiger charge is 2.11. The van der Waals surface area contributed by atoms with E-state index < -0.39 is 0 Å². The lowest BCUT2D eigenvalue weighted by atomic mass is 10.1. The van der Waals surface area contributed by atoms with Crippen molar-refractivity contribution in [2.45, 2.75) is 26.8 Å². The van der Waals surface area contributed by atoms with Gasteiger partial charge < -0.3 is 5.32 Å². The van der Waals surface area contributed by atoms with Crippen LogP contribution in [0.1, 0.15) is 30.0 Å². The lowest BCUT2D eigenvalue weighted by Crippen LogP contribution is -2.12. The van der Waals surface area contributed by atoms with Crippen molar-refractivity contribution in [1.29, 1.82) is 0 Å². The summed E-state index contributed by atoms with van der Waals surface area (Å²) in [6.07, 6.45) is 3.40. The zero-order chi connectivity index (χ0) is 13.1. The summed E-state index contributed by atoms with van der Waals surface area (Å²) in [6, 6.07) is 3.76. The third kappa shape index (κ3) is 2.76. The van der Waals surface area contributed by atoms with Crippen molar-refractivity contribution >= 4 is 17.3 Å². The molecule has 0 amide bonds. The molecule has 2 rings (SSSR count). The molecule has 0 radical (unpaired) electrons. The molecule has 2 heterocycles. The predicted octanol–water partition coefficient (Wildman–Crippen LogP) is 3.31. The molecule has 1 atom stereocenters.